The van der Waals surface area contributed by atoms with Crippen molar-refractivity contribution in [1.29, 1.82) is 0 Å². The second kappa shape index (κ2) is 9.78. The molecule has 0 aliphatic rings. The van der Waals surface area contributed by atoms with Crippen LogP contribution in [0.15, 0.2) is 79.3 Å². The highest BCUT2D eigenvalue weighted by molar-refractivity contribution is 5.99. The average Bonchev–Trinajstić information content (AvgIpc) is 3.28. The zero-order valence-corrected chi connectivity index (χ0v) is 18.2. The number of nitrogens with zero attached hydrogens (tertiary/aromatic N) is 3. The third kappa shape index (κ3) is 5.24. The lowest BCUT2D eigenvalue weighted by atomic mass is 10.2. The number of methoxy groups -OCH3 is 1. The Morgan fingerprint density at radius 3 is 2.55 bits per heavy atom. The average molecular weight is 441 g/mol. The second-order valence-electron chi connectivity index (χ2n) is 7.33. The minimum Gasteiger partial charge on any atom is -0.497 e. The highest BCUT2D eigenvalue weighted by atomic mass is 16.5. The Balaban J connectivity index is 1.33. The zero-order valence-electron chi connectivity index (χ0n) is 18.2. The molecule has 0 fully saturated rings. The van der Waals surface area contributed by atoms with E-state index in [4.69, 9.17) is 4.74 Å². The largest absolute Gasteiger partial charge is 0.497 e. The number of carbonyl (C=O) groups excluding carboxylic acids is 2. The predicted octanol–water partition coefficient (Wildman–Crippen LogP) is 3.59. The number of carbonyl (C=O) groups is 2. The number of hydrogen-bond donors (Lipinski definition) is 2. The Kier molecular flexibility index (Phi) is 6.45. The van der Waals surface area contributed by atoms with E-state index in [1.54, 1.807) is 44.8 Å². The highest BCUT2D eigenvalue weighted by Crippen LogP contribution is 2.17. The molecule has 1 unspecified atom stereocenters. The summed E-state index contributed by atoms with van der Waals surface area (Å²) in [7, 11) is 1.59. The molecule has 2 aromatic heterocycles. The van der Waals surface area contributed by atoms with Crippen LogP contribution in [0.4, 0.5) is 5.69 Å². The quantitative estimate of drug-likeness (QED) is 0.427. The maximum Gasteiger partial charge on any atom is 0.246 e. The minimum atomic E-state index is -0.727. The predicted molar refractivity (Wildman–Crippen MR) is 127 cm³/mol. The first kappa shape index (κ1) is 21.8. The lowest BCUT2D eigenvalue weighted by Gasteiger charge is -2.13. The molecule has 0 spiro atoms. The highest BCUT2D eigenvalue weighted by Gasteiger charge is 2.15. The summed E-state index contributed by atoms with van der Waals surface area (Å²) in [5.41, 5.74) is 3.20. The van der Waals surface area contributed by atoms with E-state index in [1.165, 1.54) is 6.08 Å². The first-order valence-electron chi connectivity index (χ1n) is 10.4. The Morgan fingerprint density at radius 2 is 1.82 bits per heavy atom. The summed E-state index contributed by atoms with van der Waals surface area (Å²) in [6.07, 6.45) is 6.33. The van der Waals surface area contributed by atoms with Gasteiger partial charge in [0, 0.05) is 6.08 Å². The molecule has 1 atom stereocenters. The third-order valence-corrected chi connectivity index (χ3v) is 5.01. The number of nitrogens with one attached hydrogen (secondary N) is 2. The van der Waals surface area contributed by atoms with E-state index in [0.717, 1.165) is 22.3 Å². The van der Waals surface area contributed by atoms with E-state index in [-0.39, 0.29) is 11.8 Å². The summed E-state index contributed by atoms with van der Waals surface area (Å²) in [6.45, 7) is 1.62. The fourth-order valence-corrected chi connectivity index (χ4v) is 3.21. The zero-order chi connectivity index (χ0) is 23.2. The first-order chi connectivity index (χ1) is 16.0. The normalized spacial score (nSPS) is 11.9. The number of imidazole rings is 1. The van der Waals surface area contributed by atoms with Crippen LogP contribution in [0.2, 0.25) is 0 Å². The van der Waals surface area contributed by atoms with Crippen LogP contribution in [-0.2, 0) is 9.59 Å². The van der Waals surface area contributed by atoms with Gasteiger partial charge in [-0.25, -0.2) is 9.97 Å². The molecule has 2 heterocycles. The van der Waals surface area contributed by atoms with E-state index in [0.29, 0.717) is 11.5 Å². The summed E-state index contributed by atoms with van der Waals surface area (Å²) in [4.78, 5) is 33.4. The van der Waals surface area contributed by atoms with E-state index < -0.39 is 6.04 Å². The number of benzene rings is 2. The van der Waals surface area contributed by atoms with E-state index >= 15 is 0 Å². The first-order valence-corrected chi connectivity index (χ1v) is 10.4. The summed E-state index contributed by atoms with van der Waals surface area (Å²) in [5, 5.41) is 5.42. The van der Waals surface area contributed by atoms with Gasteiger partial charge in [0.15, 0.2) is 0 Å². The monoisotopic (exact) mass is 441 g/mol. The number of ether oxygens (including phenoxy) is 1. The van der Waals surface area contributed by atoms with Crippen molar-refractivity contribution in [1.82, 2.24) is 19.9 Å². The summed E-state index contributed by atoms with van der Waals surface area (Å²) in [5.74, 6) is 0.715. The van der Waals surface area contributed by atoms with Gasteiger partial charge in [-0.1, -0.05) is 24.3 Å². The molecule has 2 N–H and O–H groups in total. The molecule has 0 saturated carbocycles. The molecule has 2 aromatic carbocycles. The van der Waals surface area contributed by atoms with Crippen LogP contribution in [0.25, 0.3) is 22.9 Å². The van der Waals surface area contributed by atoms with Crippen LogP contribution < -0.4 is 15.4 Å². The molecule has 0 aliphatic carbocycles. The number of anilines is 1. The molecule has 4 rings (SSSR count). The van der Waals surface area contributed by atoms with Gasteiger partial charge in [0.1, 0.15) is 23.9 Å². The molecule has 0 bridgehead atoms. The standard InChI is InChI=1S/C25H23N5O3/c1-17(28-24(31)14-9-18-7-11-20(33-2)12-8-18)25(32)29-19-10-13-23(26-15-19)30-16-27-21-5-3-4-6-22(21)30/h3-17H,1-2H3,(H,28,31)(H,29,32)/b14-9+. The van der Waals surface area contributed by atoms with Gasteiger partial charge >= 0.3 is 0 Å². The smallest absolute Gasteiger partial charge is 0.246 e. The lowest BCUT2D eigenvalue weighted by molar-refractivity contribution is -0.123. The van der Waals surface area contributed by atoms with Crippen LogP contribution in [0.3, 0.4) is 0 Å². The van der Waals surface area contributed by atoms with E-state index in [9.17, 15) is 9.59 Å². The molecule has 4 aromatic rings. The van der Waals surface area contributed by atoms with Crippen molar-refractivity contribution in [2.75, 3.05) is 12.4 Å². The van der Waals surface area contributed by atoms with Crippen LogP contribution in [0.1, 0.15) is 12.5 Å². The molecular weight excluding hydrogens is 418 g/mol. The fraction of sp³-hybridized carbons (Fsp3) is 0.120. The molecule has 0 radical (unpaired) electrons. The van der Waals surface area contributed by atoms with Gasteiger partial charge in [0.25, 0.3) is 0 Å². The van der Waals surface area contributed by atoms with Gasteiger partial charge in [-0.2, -0.15) is 0 Å². The van der Waals surface area contributed by atoms with Gasteiger partial charge in [0.05, 0.1) is 30.0 Å². The van der Waals surface area contributed by atoms with Crippen molar-refractivity contribution in [3.8, 4) is 11.6 Å². The van der Waals surface area contributed by atoms with Gasteiger partial charge < -0.3 is 15.4 Å². The van der Waals surface area contributed by atoms with Crippen LogP contribution in [0, 0.1) is 0 Å². The molecule has 0 saturated heterocycles. The van der Waals surface area contributed by atoms with Gasteiger partial charge in [-0.05, 0) is 55.0 Å². The number of hydrogen-bond acceptors (Lipinski definition) is 5. The number of pyridine rings is 1. The van der Waals surface area contributed by atoms with Crippen molar-refractivity contribution in [3.63, 3.8) is 0 Å². The van der Waals surface area contributed by atoms with Crippen LogP contribution in [-0.4, -0.2) is 39.5 Å². The Hall–Kier alpha value is -4.46. The topological polar surface area (TPSA) is 98.1 Å². The van der Waals surface area contributed by atoms with Crippen molar-refractivity contribution in [2.24, 2.45) is 0 Å². The van der Waals surface area contributed by atoms with E-state index in [1.807, 2.05) is 53.1 Å². The van der Waals surface area contributed by atoms with Gasteiger partial charge in [-0.15, -0.1) is 0 Å². The number of amides is 2. The fourth-order valence-electron chi connectivity index (χ4n) is 3.21. The Labute approximate surface area is 190 Å². The summed E-state index contributed by atoms with van der Waals surface area (Å²) >= 11 is 0. The lowest BCUT2D eigenvalue weighted by Crippen LogP contribution is -2.40. The summed E-state index contributed by atoms with van der Waals surface area (Å²) < 4.78 is 6.98. The molecule has 8 nitrogen and oxygen atoms in total. The Morgan fingerprint density at radius 1 is 1.03 bits per heavy atom. The molecular formula is C25H23N5O3. The van der Waals surface area contributed by atoms with Gasteiger partial charge in [0.2, 0.25) is 11.8 Å². The molecule has 33 heavy (non-hydrogen) atoms. The van der Waals surface area contributed by atoms with Crippen molar-refractivity contribution in [3.05, 3.63) is 84.8 Å². The van der Waals surface area contributed by atoms with Crippen molar-refractivity contribution in [2.45, 2.75) is 13.0 Å². The Bertz CT molecular complexity index is 1290. The molecule has 8 heteroatoms. The molecule has 2 amide bonds. The number of aromatic nitrogens is 3. The van der Waals surface area contributed by atoms with Crippen molar-refractivity contribution >= 4 is 34.6 Å². The van der Waals surface area contributed by atoms with Gasteiger partial charge in [-0.3, -0.25) is 14.2 Å². The number of para-hydroxylation sites is 2. The number of rotatable bonds is 7. The van der Waals surface area contributed by atoms with E-state index in [2.05, 4.69) is 20.6 Å². The third-order valence-electron chi connectivity index (χ3n) is 5.01. The maximum absolute atomic E-state index is 12.5. The molecule has 166 valence electrons. The molecule has 0 aliphatic heterocycles. The second-order valence-corrected chi connectivity index (χ2v) is 7.33. The summed E-state index contributed by atoms with van der Waals surface area (Å²) in [6, 6.07) is 17.9. The van der Waals surface area contributed by atoms with Crippen LogP contribution >= 0.6 is 0 Å². The maximum atomic E-state index is 12.5. The number of fused-ring (bicyclic) bond motifs is 1. The van der Waals surface area contributed by atoms with Crippen molar-refractivity contribution < 1.29 is 14.3 Å². The van der Waals surface area contributed by atoms with Crippen LogP contribution in [0.5, 0.6) is 5.75 Å². The SMILES string of the molecule is COc1ccc(/C=C/C(=O)NC(C)C(=O)Nc2ccc(-n3cnc4ccccc43)nc2)cc1. The minimum absolute atomic E-state index is 0.344.